The molecule has 8 heteroatoms. The van der Waals surface area contributed by atoms with Crippen LogP contribution in [0.25, 0.3) is 0 Å². The molecule has 3 N–H and O–H groups in total. The van der Waals surface area contributed by atoms with Crippen LogP contribution in [0, 0.1) is 5.92 Å². The van der Waals surface area contributed by atoms with Crippen molar-refractivity contribution in [2.24, 2.45) is 5.92 Å². The van der Waals surface area contributed by atoms with Gasteiger partial charge in [-0.2, -0.15) is 0 Å². The van der Waals surface area contributed by atoms with Gasteiger partial charge in [0.2, 0.25) is 11.8 Å². The number of rotatable bonds is 7. The normalized spacial score (nSPS) is 20.9. The molecular formula is C22H33N5O3. The van der Waals surface area contributed by atoms with E-state index in [1.54, 1.807) is 20.2 Å². The second-order valence-corrected chi connectivity index (χ2v) is 8.20. The largest absolute Gasteiger partial charge is 0.355 e. The number of nitrogens with zero attached hydrogens (tertiary/aromatic N) is 2. The highest BCUT2D eigenvalue weighted by Gasteiger charge is 2.44. The van der Waals surface area contributed by atoms with Crippen molar-refractivity contribution < 1.29 is 14.4 Å². The number of anilines is 1. The summed E-state index contributed by atoms with van der Waals surface area (Å²) < 4.78 is 0. The van der Waals surface area contributed by atoms with E-state index in [1.165, 1.54) is 4.90 Å². The van der Waals surface area contributed by atoms with E-state index in [2.05, 4.69) is 20.9 Å². The maximum Gasteiger partial charge on any atom is 0.251 e. The molecule has 3 amide bonds. The Bertz CT molecular complexity index is 778. The molecule has 1 aliphatic carbocycles. The molecule has 164 valence electrons. The number of likely N-dealkylation sites (N-methyl/N-ethyl adjacent to an activating group) is 2. The predicted octanol–water partition coefficient (Wildman–Crippen LogP) is 1.15. The minimum atomic E-state index is -0.668. The highest BCUT2D eigenvalue weighted by molar-refractivity contribution is 6.06. The molecule has 0 spiro atoms. The molecule has 1 fully saturated rings. The van der Waals surface area contributed by atoms with Crippen molar-refractivity contribution >= 4 is 23.5 Å². The first-order valence-electron chi connectivity index (χ1n) is 11.0. The Morgan fingerprint density at radius 1 is 1.23 bits per heavy atom. The molecule has 0 radical (unpaired) electrons. The molecule has 1 saturated carbocycles. The third-order valence-electron chi connectivity index (χ3n) is 6.22. The number of fused-ring (bicyclic) bond motifs is 1. The Morgan fingerprint density at radius 2 is 1.97 bits per heavy atom. The molecule has 0 aromatic carbocycles. The monoisotopic (exact) mass is 415 g/mol. The van der Waals surface area contributed by atoms with Crippen LogP contribution < -0.4 is 20.9 Å². The summed E-state index contributed by atoms with van der Waals surface area (Å²) in [4.78, 5) is 45.2. The summed E-state index contributed by atoms with van der Waals surface area (Å²) in [5, 5.41) is 8.75. The van der Waals surface area contributed by atoms with Crippen molar-refractivity contribution in [3.63, 3.8) is 0 Å². The van der Waals surface area contributed by atoms with Crippen molar-refractivity contribution in [1.29, 1.82) is 0 Å². The highest BCUT2D eigenvalue weighted by atomic mass is 16.2. The third-order valence-corrected chi connectivity index (χ3v) is 6.22. The summed E-state index contributed by atoms with van der Waals surface area (Å²) in [6.45, 7) is 4.11. The van der Waals surface area contributed by atoms with E-state index in [9.17, 15) is 14.4 Å². The number of amides is 3. The Balaban J connectivity index is 1.93. The summed E-state index contributed by atoms with van der Waals surface area (Å²) in [6.07, 6.45) is 7.07. The Morgan fingerprint density at radius 3 is 2.63 bits per heavy atom. The van der Waals surface area contributed by atoms with Crippen molar-refractivity contribution in [1.82, 2.24) is 20.9 Å². The van der Waals surface area contributed by atoms with Crippen molar-refractivity contribution in [3.05, 3.63) is 23.9 Å². The van der Waals surface area contributed by atoms with Crippen LogP contribution in [0.4, 0.5) is 5.82 Å². The van der Waals surface area contributed by atoms with E-state index in [1.807, 2.05) is 19.1 Å². The summed E-state index contributed by atoms with van der Waals surface area (Å²) >= 11 is 0. The second kappa shape index (κ2) is 10.0. The molecule has 1 aliphatic heterocycles. The van der Waals surface area contributed by atoms with Crippen LogP contribution in [0.5, 0.6) is 0 Å². The minimum Gasteiger partial charge on any atom is -0.355 e. The first kappa shape index (κ1) is 22.2. The molecule has 1 aromatic rings. The van der Waals surface area contributed by atoms with Gasteiger partial charge in [0.15, 0.2) is 0 Å². The maximum atomic E-state index is 13.8. The molecule has 8 nitrogen and oxygen atoms in total. The highest BCUT2D eigenvalue weighted by Crippen LogP contribution is 2.34. The van der Waals surface area contributed by atoms with Gasteiger partial charge in [-0.1, -0.05) is 25.3 Å². The number of carbonyl (C=O) groups excluding carboxylic acids is 3. The molecule has 3 rings (SSSR count). The van der Waals surface area contributed by atoms with Gasteiger partial charge in [0, 0.05) is 19.2 Å². The van der Waals surface area contributed by atoms with E-state index in [0.29, 0.717) is 18.8 Å². The molecule has 2 heterocycles. The standard InChI is InChI=1S/C22H33N5O3/c1-4-24-21(29)17-13-16-11-8-12-25-19(16)27(17)22(30)18(15-9-6-5-7-10-15)26-20(28)14(2)23-3/h8,11-12,14-15,17-18,23H,4-7,9-10,13H2,1-3H3,(H,24,29)(H,26,28)/t14-,17+,18-/m0/s1. The van der Waals surface area contributed by atoms with E-state index < -0.39 is 18.1 Å². The topological polar surface area (TPSA) is 103 Å². The van der Waals surface area contributed by atoms with Crippen molar-refractivity contribution in [2.75, 3.05) is 18.5 Å². The quantitative estimate of drug-likeness (QED) is 0.620. The lowest BCUT2D eigenvalue weighted by Crippen LogP contribution is -2.59. The fourth-order valence-corrected chi connectivity index (χ4v) is 4.42. The van der Waals surface area contributed by atoms with Crippen molar-refractivity contribution in [2.45, 2.75) is 70.5 Å². The lowest BCUT2D eigenvalue weighted by Gasteiger charge is -2.35. The van der Waals surface area contributed by atoms with Gasteiger partial charge in [0.25, 0.3) is 5.91 Å². The number of nitrogens with one attached hydrogen (secondary N) is 3. The average Bonchev–Trinajstić information content (AvgIpc) is 3.16. The van der Waals surface area contributed by atoms with E-state index in [0.717, 1.165) is 37.7 Å². The Kier molecular flexibility index (Phi) is 7.42. The van der Waals surface area contributed by atoms with Gasteiger partial charge >= 0.3 is 0 Å². The zero-order valence-electron chi connectivity index (χ0n) is 18.1. The van der Waals surface area contributed by atoms with E-state index in [4.69, 9.17) is 0 Å². The van der Waals surface area contributed by atoms with Crippen LogP contribution in [0.1, 0.15) is 51.5 Å². The van der Waals surface area contributed by atoms with Gasteiger partial charge in [-0.15, -0.1) is 0 Å². The summed E-state index contributed by atoms with van der Waals surface area (Å²) in [5.74, 6) is -0.0674. The van der Waals surface area contributed by atoms with Gasteiger partial charge in [-0.25, -0.2) is 4.98 Å². The predicted molar refractivity (Wildman–Crippen MR) is 115 cm³/mol. The summed E-state index contributed by atoms with van der Waals surface area (Å²) in [7, 11) is 1.72. The van der Waals surface area contributed by atoms with Gasteiger partial charge in [-0.05, 0) is 51.3 Å². The van der Waals surface area contributed by atoms with Gasteiger partial charge < -0.3 is 16.0 Å². The van der Waals surface area contributed by atoms with Crippen LogP contribution in [-0.2, 0) is 20.8 Å². The van der Waals surface area contributed by atoms with Crippen LogP contribution in [0.2, 0.25) is 0 Å². The fourth-order valence-electron chi connectivity index (χ4n) is 4.42. The average molecular weight is 416 g/mol. The Labute approximate surface area is 178 Å². The molecular weight excluding hydrogens is 382 g/mol. The summed E-state index contributed by atoms with van der Waals surface area (Å²) in [6, 6.07) is 1.99. The third kappa shape index (κ3) is 4.64. The van der Waals surface area contributed by atoms with Crippen LogP contribution in [0.15, 0.2) is 18.3 Å². The molecule has 0 bridgehead atoms. The number of carbonyl (C=O) groups is 3. The Hall–Kier alpha value is -2.48. The lowest BCUT2D eigenvalue weighted by atomic mass is 9.83. The van der Waals surface area contributed by atoms with Gasteiger partial charge in [0.05, 0.1) is 6.04 Å². The second-order valence-electron chi connectivity index (χ2n) is 8.20. The van der Waals surface area contributed by atoms with Crippen LogP contribution in [-0.4, -0.2) is 54.4 Å². The zero-order valence-corrected chi connectivity index (χ0v) is 18.1. The molecule has 0 saturated heterocycles. The molecule has 0 unspecified atom stereocenters. The summed E-state index contributed by atoms with van der Waals surface area (Å²) in [5.41, 5.74) is 0.874. The molecule has 30 heavy (non-hydrogen) atoms. The number of hydrogen-bond acceptors (Lipinski definition) is 5. The molecule has 2 aliphatic rings. The SMILES string of the molecule is CCNC(=O)[C@H]1Cc2cccnc2N1C(=O)[C@@H](NC(=O)[C@H](C)NC)C1CCCCC1. The molecule has 3 atom stereocenters. The fraction of sp³-hybridized carbons (Fsp3) is 0.636. The minimum absolute atomic E-state index is 0.0573. The van der Waals surface area contributed by atoms with Crippen LogP contribution >= 0.6 is 0 Å². The maximum absolute atomic E-state index is 13.8. The number of hydrogen-bond donors (Lipinski definition) is 3. The van der Waals surface area contributed by atoms with Crippen molar-refractivity contribution in [3.8, 4) is 0 Å². The first-order chi connectivity index (χ1) is 14.5. The lowest BCUT2D eigenvalue weighted by molar-refractivity contribution is -0.131. The van der Waals surface area contributed by atoms with Gasteiger partial charge in [0.1, 0.15) is 17.9 Å². The number of aromatic nitrogens is 1. The van der Waals surface area contributed by atoms with Crippen LogP contribution in [0.3, 0.4) is 0 Å². The molecule has 1 aromatic heterocycles. The van der Waals surface area contributed by atoms with Gasteiger partial charge in [-0.3, -0.25) is 19.3 Å². The number of pyridine rings is 1. The van der Waals surface area contributed by atoms with E-state index >= 15 is 0 Å². The smallest absolute Gasteiger partial charge is 0.251 e. The van der Waals surface area contributed by atoms with E-state index in [-0.39, 0.29) is 23.6 Å². The first-order valence-corrected chi connectivity index (χ1v) is 11.0. The zero-order chi connectivity index (χ0) is 21.7.